The number of carbonyl (C=O) groups excluding carboxylic acids is 1. The normalized spacial score (nSPS) is 14.1. The van der Waals surface area contributed by atoms with E-state index in [1.54, 1.807) is 29.6 Å². The molecule has 1 aromatic carbocycles. The van der Waals surface area contributed by atoms with Crippen LogP contribution in [-0.2, 0) is 4.84 Å². The number of halogens is 1. The van der Waals surface area contributed by atoms with Gasteiger partial charge in [-0.15, -0.1) is 0 Å². The maximum atomic E-state index is 12.5. The first-order valence-electron chi connectivity index (χ1n) is 9.64. The lowest BCUT2D eigenvalue weighted by molar-refractivity contribution is 0.215. The van der Waals surface area contributed by atoms with Gasteiger partial charge in [0.1, 0.15) is 12.9 Å². The Labute approximate surface area is 175 Å². The van der Waals surface area contributed by atoms with Crippen LogP contribution in [0.4, 0.5) is 10.5 Å². The second-order valence-electron chi connectivity index (χ2n) is 6.64. The molecule has 2 aromatic rings. The van der Waals surface area contributed by atoms with Crippen molar-refractivity contribution in [1.29, 1.82) is 0 Å². The van der Waals surface area contributed by atoms with Crippen LogP contribution >= 0.6 is 11.6 Å². The van der Waals surface area contributed by atoms with Gasteiger partial charge in [-0.3, -0.25) is 9.88 Å². The number of amides is 2. The summed E-state index contributed by atoms with van der Waals surface area (Å²) in [6, 6.07) is 9.28. The van der Waals surface area contributed by atoms with Crippen LogP contribution < -0.4 is 9.64 Å². The quantitative estimate of drug-likeness (QED) is 0.330. The first-order valence-corrected chi connectivity index (χ1v) is 10.0. The zero-order valence-electron chi connectivity index (χ0n) is 16.5. The third-order valence-corrected chi connectivity index (χ3v) is 4.96. The number of oxime groups is 1. The van der Waals surface area contributed by atoms with Gasteiger partial charge in [-0.2, -0.15) is 0 Å². The molecule has 0 N–H and O–H groups in total. The fraction of sp³-hybridized carbons (Fsp3) is 0.381. The summed E-state index contributed by atoms with van der Waals surface area (Å²) >= 11 is 6.23. The molecular formula is C21H25ClN4O3. The van der Waals surface area contributed by atoms with Gasteiger partial charge >= 0.3 is 6.03 Å². The lowest BCUT2D eigenvalue weighted by atomic mass is 10.2. The maximum Gasteiger partial charge on any atom is 0.324 e. The molecule has 1 aromatic heterocycles. The van der Waals surface area contributed by atoms with Crippen LogP contribution in [0.1, 0.15) is 24.8 Å². The maximum absolute atomic E-state index is 12.5. The van der Waals surface area contributed by atoms with E-state index in [4.69, 9.17) is 16.3 Å². The minimum Gasteiger partial charge on any atom is -0.492 e. The number of benzene rings is 1. The highest BCUT2D eigenvalue weighted by Gasteiger charge is 2.28. The number of hydrogen-bond donors (Lipinski definition) is 0. The van der Waals surface area contributed by atoms with Crippen molar-refractivity contribution < 1.29 is 14.4 Å². The molecule has 0 unspecified atom stereocenters. The van der Waals surface area contributed by atoms with E-state index in [-0.39, 0.29) is 6.03 Å². The minimum atomic E-state index is 0.0661. The van der Waals surface area contributed by atoms with Crippen molar-refractivity contribution in [3.05, 3.63) is 53.3 Å². The van der Waals surface area contributed by atoms with Crippen molar-refractivity contribution >= 4 is 29.5 Å². The molecule has 154 valence electrons. The van der Waals surface area contributed by atoms with Gasteiger partial charge in [-0.05, 0) is 55.2 Å². The first kappa shape index (κ1) is 20.9. The van der Waals surface area contributed by atoms with Crippen molar-refractivity contribution in [2.75, 3.05) is 38.3 Å². The molecule has 8 heteroatoms. The topological polar surface area (TPSA) is 67.3 Å². The van der Waals surface area contributed by atoms with E-state index in [9.17, 15) is 4.79 Å². The predicted octanol–water partition coefficient (Wildman–Crippen LogP) is 4.21. The monoisotopic (exact) mass is 416 g/mol. The molecule has 0 saturated carbocycles. The van der Waals surface area contributed by atoms with Crippen molar-refractivity contribution in [3.63, 3.8) is 0 Å². The number of anilines is 1. The van der Waals surface area contributed by atoms with Crippen molar-refractivity contribution in [2.45, 2.75) is 19.3 Å². The average Bonchev–Trinajstić information content (AvgIpc) is 3.11. The van der Waals surface area contributed by atoms with Gasteiger partial charge in [0.05, 0.1) is 17.8 Å². The largest absolute Gasteiger partial charge is 0.492 e. The third kappa shape index (κ3) is 5.84. The summed E-state index contributed by atoms with van der Waals surface area (Å²) in [6.07, 6.45) is 7.83. The molecule has 1 aliphatic rings. The van der Waals surface area contributed by atoms with Crippen LogP contribution in [0.15, 0.2) is 47.9 Å². The summed E-state index contributed by atoms with van der Waals surface area (Å²) in [4.78, 5) is 24.9. The Bertz CT molecular complexity index is 832. The van der Waals surface area contributed by atoms with E-state index in [1.165, 1.54) is 7.11 Å². The minimum absolute atomic E-state index is 0.0661. The van der Waals surface area contributed by atoms with E-state index >= 15 is 0 Å². The molecule has 1 saturated heterocycles. The molecule has 3 rings (SSSR count). The SMILES string of the molecule is CON=Cc1ccc(OCCCCCN2CCN(c3ccncc3)C2=O)c(Cl)c1. The van der Waals surface area contributed by atoms with E-state index in [2.05, 4.69) is 15.0 Å². The second kappa shape index (κ2) is 10.7. The summed E-state index contributed by atoms with van der Waals surface area (Å²) in [7, 11) is 1.49. The lowest BCUT2D eigenvalue weighted by Crippen LogP contribution is -2.32. The molecule has 0 spiro atoms. The van der Waals surface area contributed by atoms with Crippen LogP contribution in [0, 0.1) is 0 Å². The number of rotatable bonds is 10. The van der Waals surface area contributed by atoms with Crippen LogP contribution in [0.2, 0.25) is 5.02 Å². The fourth-order valence-corrected chi connectivity index (χ4v) is 3.39. The van der Waals surface area contributed by atoms with Crippen LogP contribution in [0.5, 0.6) is 5.75 Å². The highest BCUT2D eigenvalue weighted by molar-refractivity contribution is 6.32. The van der Waals surface area contributed by atoms with Crippen molar-refractivity contribution in [1.82, 2.24) is 9.88 Å². The van der Waals surface area contributed by atoms with Crippen LogP contribution in [-0.4, -0.2) is 55.5 Å². The molecule has 0 aliphatic carbocycles. The number of carbonyl (C=O) groups is 1. The van der Waals surface area contributed by atoms with E-state index in [1.807, 2.05) is 29.2 Å². The molecule has 1 fully saturated rings. The molecular weight excluding hydrogens is 392 g/mol. The zero-order chi connectivity index (χ0) is 20.5. The second-order valence-corrected chi connectivity index (χ2v) is 7.05. The summed E-state index contributed by atoms with van der Waals surface area (Å²) in [5, 5.41) is 4.26. The Morgan fingerprint density at radius 3 is 2.76 bits per heavy atom. The molecule has 0 bridgehead atoms. The number of unbranched alkanes of at least 4 members (excludes halogenated alkanes) is 2. The lowest BCUT2D eigenvalue weighted by Gasteiger charge is -2.18. The van der Waals surface area contributed by atoms with Crippen LogP contribution in [0.3, 0.4) is 0 Å². The van der Waals surface area contributed by atoms with E-state index < -0.39 is 0 Å². The average molecular weight is 417 g/mol. The number of pyridine rings is 1. The number of aromatic nitrogens is 1. The number of hydrogen-bond acceptors (Lipinski definition) is 5. The summed E-state index contributed by atoms with van der Waals surface area (Å²) in [6.45, 7) is 2.82. The summed E-state index contributed by atoms with van der Waals surface area (Å²) in [5.41, 5.74) is 1.75. The molecule has 0 atom stereocenters. The highest BCUT2D eigenvalue weighted by atomic mass is 35.5. The number of ether oxygens (including phenoxy) is 1. The Morgan fingerprint density at radius 1 is 1.17 bits per heavy atom. The van der Waals surface area contributed by atoms with Gasteiger partial charge in [0.25, 0.3) is 0 Å². The van der Waals surface area contributed by atoms with Crippen molar-refractivity contribution in [2.24, 2.45) is 5.16 Å². The standard InChI is InChI=1S/C21H25ClN4O3/c1-28-24-16-17-5-6-20(19(22)15-17)29-14-4-2-3-11-25-12-13-26(21(25)27)18-7-9-23-10-8-18/h5-10,15-16H,2-4,11-14H2,1H3. The Kier molecular flexibility index (Phi) is 7.69. The van der Waals surface area contributed by atoms with Gasteiger partial charge in [-0.1, -0.05) is 16.8 Å². The molecule has 7 nitrogen and oxygen atoms in total. The zero-order valence-corrected chi connectivity index (χ0v) is 17.2. The van der Waals surface area contributed by atoms with Gasteiger partial charge < -0.3 is 14.5 Å². The van der Waals surface area contributed by atoms with Gasteiger partial charge in [0.15, 0.2) is 0 Å². The molecule has 1 aliphatic heterocycles. The molecule has 2 amide bonds. The fourth-order valence-electron chi connectivity index (χ4n) is 3.15. The Balaban J connectivity index is 1.34. The Hall–Kier alpha value is -2.80. The van der Waals surface area contributed by atoms with E-state index in [0.717, 1.165) is 50.1 Å². The van der Waals surface area contributed by atoms with Crippen LogP contribution in [0.25, 0.3) is 0 Å². The first-order chi connectivity index (χ1) is 14.2. The molecule has 0 radical (unpaired) electrons. The van der Waals surface area contributed by atoms with E-state index in [0.29, 0.717) is 17.4 Å². The summed E-state index contributed by atoms with van der Waals surface area (Å²) < 4.78 is 5.76. The third-order valence-electron chi connectivity index (χ3n) is 4.66. The van der Waals surface area contributed by atoms with Gasteiger partial charge in [0, 0.05) is 37.7 Å². The Morgan fingerprint density at radius 2 is 2.00 bits per heavy atom. The number of nitrogens with zero attached hydrogens (tertiary/aromatic N) is 4. The summed E-state index contributed by atoms with van der Waals surface area (Å²) in [5.74, 6) is 0.656. The van der Waals surface area contributed by atoms with Gasteiger partial charge in [0.2, 0.25) is 0 Å². The molecule has 2 heterocycles. The highest BCUT2D eigenvalue weighted by Crippen LogP contribution is 2.25. The predicted molar refractivity (Wildman–Crippen MR) is 114 cm³/mol. The van der Waals surface area contributed by atoms with Crippen molar-refractivity contribution in [3.8, 4) is 5.75 Å². The smallest absolute Gasteiger partial charge is 0.324 e. The molecule has 29 heavy (non-hydrogen) atoms. The van der Waals surface area contributed by atoms with Gasteiger partial charge in [-0.25, -0.2) is 4.79 Å². The number of urea groups is 1.